The monoisotopic (exact) mass is 312 g/mol. The number of hydrogen-bond donors (Lipinski definition) is 1. The molecule has 0 atom stereocenters. The van der Waals surface area contributed by atoms with Crippen molar-refractivity contribution in [3.63, 3.8) is 0 Å². The van der Waals surface area contributed by atoms with E-state index in [-0.39, 0.29) is 12.8 Å². The molecule has 0 radical (unpaired) electrons. The van der Waals surface area contributed by atoms with Gasteiger partial charge in [-0.05, 0) is 19.1 Å². The second-order valence-electron chi connectivity index (χ2n) is 5.00. The van der Waals surface area contributed by atoms with Crippen molar-refractivity contribution >= 4 is 5.97 Å². The number of aromatic nitrogens is 2. The number of aliphatic carboxylic acids is 1. The Morgan fingerprint density at radius 3 is 2.36 bits per heavy atom. The highest BCUT2D eigenvalue weighted by Gasteiger charge is 2.30. The molecule has 0 fully saturated rings. The summed E-state index contributed by atoms with van der Waals surface area (Å²) in [6, 6.07) is 4.75. The molecule has 0 bridgehead atoms. The molecule has 0 saturated carbocycles. The van der Waals surface area contributed by atoms with E-state index >= 15 is 0 Å². The molecule has 2 rings (SSSR count). The molecule has 7 heteroatoms. The molecule has 1 aromatic carbocycles. The van der Waals surface area contributed by atoms with Gasteiger partial charge in [0.1, 0.15) is 5.82 Å². The first-order chi connectivity index (χ1) is 10.2. The second-order valence-corrected chi connectivity index (χ2v) is 5.00. The van der Waals surface area contributed by atoms with Gasteiger partial charge in [0.05, 0.1) is 17.7 Å². The Hall–Kier alpha value is -2.31. The second kappa shape index (κ2) is 5.82. The van der Waals surface area contributed by atoms with Crippen molar-refractivity contribution in [1.82, 2.24) is 9.55 Å². The highest BCUT2D eigenvalue weighted by Crippen LogP contribution is 2.31. The van der Waals surface area contributed by atoms with E-state index < -0.39 is 17.7 Å². The highest BCUT2D eigenvalue weighted by atomic mass is 19.4. The van der Waals surface area contributed by atoms with Crippen molar-refractivity contribution in [3.05, 3.63) is 41.2 Å². The minimum absolute atomic E-state index is 0.0374. The molecule has 4 nitrogen and oxygen atoms in total. The third-order valence-corrected chi connectivity index (χ3v) is 3.53. The molecule has 1 heterocycles. The van der Waals surface area contributed by atoms with Crippen LogP contribution in [0.3, 0.4) is 0 Å². The Morgan fingerprint density at radius 2 is 1.86 bits per heavy atom. The van der Waals surface area contributed by atoms with Crippen molar-refractivity contribution in [2.24, 2.45) is 7.05 Å². The van der Waals surface area contributed by atoms with E-state index in [4.69, 9.17) is 5.11 Å². The molecule has 2 aromatic rings. The zero-order valence-corrected chi connectivity index (χ0v) is 12.1. The van der Waals surface area contributed by atoms with Gasteiger partial charge < -0.3 is 9.67 Å². The molecule has 0 spiro atoms. The number of nitrogens with zero attached hydrogens (tertiary/aromatic N) is 2. The number of carbonyl (C=O) groups is 1. The maximum atomic E-state index is 12.6. The lowest BCUT2D eigenvalue weighted by atomic mass is 10.1. The van der Waals surface area contributed by atoms with Crippen LogP contribution in [-0.2, 0) is 24.4 Å². The Bertz CT molecular complexity index is 688. The first kappa shape index (κ1) is 16.1. The van der Waals surface area contributed by atoms with E-state index in [1.807, 2.05) is 0 Å². The summed E-state index contributed by atoms with van der Waals surface area (Å²) in [5.74, 6) is -0.396. The van der Waals surface area contributed by atoms with Crippen LogP contribution in [0.2, 0.25) is 0 Å². The predicted molar refractivity (Wildman–Crippen MR) is 74.3 cm³/mol. The van der Waals surface area contributed by atoms with E-state index in [9.17, 15) is 18.0 Å². The molecular formula is C15H15F3N2O2. The summed E-state index contributed by atoms with van der Waals surface area (Å²) in [5.41, 5.74) is 1.28. The van der Waals surface area contributed by atoms with Crippen molar-refractivity contribution in [2.75, 3.05) is 0 Å². The Morgan fingerprint density at radius 1 is 1.27 bits per heavy atom. The van der Waals surface area contributed by atoms with E-state index in [0.717, 1.165) is 17.8 Å². The van der Waals surface area contributed by atoms with Crippen LogP contribution in [0.1, 0.15) is 23.4 Å². The van der Waals surface area contributed by atoms with Crippen LogP contribution in [0.5, 0.6) is 0 Å². The average molecular weight is 312 g/mol. The third kappa shape index (κ3) is 3.29. The van der Waals surface area contributed by atoms with Crippen LogP contribution in [0.25, 0.3) is 11.4 Å². The van der Waals surface area contributed by atoms with Gasteiger partial charge in [0.2, 0.25) is 0 Å². The lowest BCUT2D eigenvalue weighted by Crippen LogP contribution is -2.04. The van der Waals surface area contributed by atoms with Gasteiger partial charge in [-0.2, -0.15) is 13.2 Å². The number of hydrogen-bond acceptors (Lipinski definition) is 2. The molecule has 0 saturated heterocycles. The molecular weight excluding hydrogens is 297 g/mol. The summed E-state index contributed by atoms with van der Waals surface area (Å²) in [4.78, 5) is 15.0. The first-order valence-corrected chi connectivity index (χ1v) is 6.61. The van der Waals surface area contributed by atoms with Gasteiger partial charge in [0.15, 0.2) is 0 Å². The maximum absolute atomic E-state index is 12.6. The standard InChI is InChI=1S/C15H15F3N2O2/c1-9-12(7-8-13(21)22)19-14(20(9)2)10-3-5-11(6-4-10)15(16,17)18/h3-6H,7-8H2,1-2H3,(H,21,22). The molecule has 22 heavy (non-hydrogen) atoms. The lowest BCUT2D eigenvalue weighted by Gasteiger charge is -2.08. The number of benzene rings is 1. The van der Waals surface area contributed by atoms with E-state index in [0.29, 0.717) is 17.1 Å². The van der Waals surface area contributed by atoms with Crippen molar-refractivity contribution in [2.45, 2.75) is 25.9 Å². The summed E-state index contributed by atoms with van der Waals surface area (Å²) in [5, 5.41) is 8.72. The van der Waals surface area contributed by atoms with Crippen LogP contribution >= 0.6 is 0 Å². The normalized spacial score (nSPS) is 11.7. The molecule has 1 aromatic heterocycles. The largest absolute Gasteiger partial charge is 0.481 e. The molecule has 0 amide bonds. The van der Waals surface area contributed by atoms with Gasteiger partial charge >= 0.3 is 12.1 Å². The number of halogens is 3. The van der Waals surface area contributed by atoms with Crippen LogP contribution in [-0.4, -0.2) is 20.6 Å². The Labute approximate surface area is 125 Å². The Balaban J connectivity index is 2.33. The van der Waals surface area contributed by atoms with Crippen molar-refractivity contribution in [3.8, 4) is 11.4 Å². The Kier molecular flexibility index (Phi) is 4.25. The number of imidazole rings is 1. The summed E-state index contributed by atoms with van der Waals surface area (Å²) >= 11 is 0. The molecule has 1 N–H and O–H groups in total. The zero-order chi connectivity index (χ0) is 16.5. The van der Waals surface area contributed by atoms with E-state index in [2.05, 4.69) is 4.98 Å². The quantitative estimate of drug-likeness (QED) is 0.941. The smallest absolute Gasteiger partial charge is 0.416 e. The maximum Gasteiger partial charge on any atom is 0.416 e. The lowest BCUT2D eigenvalue weighted by molar-refractivity contribution is -0.138. The number of rotatable bonds is 4. The molecule has 118 valence electrons. The number of carboxylic acids is 1. The van der Waals surface area contributed by atoms with Crippen molar-refractivity contribution in [1.29, 1.82) is 0 Å². The highest BCUT2D eigenvalue weighted by molar-refractivity contribution is 5.67. The van der Waals surface area contributed by atoms with Gasteiger partial charge in [0, 0.05) is 24.7 Å². The van der Waals surface area contributed by atoms with Gasteiger partial charge in [-0.1, -0.05) is 12.1 Å². The van der Waals surface area contributed by atoms with Crippen LogP contribution in [0, 0.1) is 6.92 Å². The molecule has 0 aliphatic rings. The fraction of sp³-hybridized carbons (Fsp3) is 0.333. The number of aryl methyl sites for hydroxylation is 1. The summed E-state index contributed by atoms with van der Waals surface area (Å²) in [7, 11) is 1.75. The summed E-state index contributed by atoms with van der Waals surface area (Å²) < 4.78 is 39.5. The van der Waals surface area contributed by atoms with Crippen LogP contribution < -0.4 is 0 Å². The fourth-order valence-corrected chi connectivity index (χ4v) is 2.16. The minimum atomic E-state index is -4.37. The predicted octanol–water partition coefficient (Wildman–Crippen LogP) is 3.43. The average Bonchev–Trinajstić information content (AvgIpc) is 2.72. The SMILES string of the molecule is Cc1c(CCC(=O)O)nc(-c2ccc(C(F)(F)F)cc2)n1C. The van der Waals surface area contributed by atoms with Gasteiger partial charge in [-0.25, -0.2) is 4.98 Å². The number of alkyl halides is 3. The van der Waals surface area contributed by atoms with Crippen LogP contribution in [0.15, 0.2) is 24.3 Å². The molecule has 0 aliphatic heterocycles. The summed E-state index contributed by atoms with van der Waals surface area (Å²) in [6.45, 7) is 1.80. The minimum Gasteiger partial charge on any atom is -0.481 e. The topological polar surface area (TPSA) is 55.1 Å². The van der Waals surface area contributed by atoms with Crippen molar-refractivity contribution < 1.29 is 23.1 Å². The molecule has 0 aliphatic carbocycles. The number of carboxylic acid groups (broad SMARTS) is 1. The van der Waals surface area contributed by atoms with Crippen LogP contribution in [0.4, 0.5) is 13.2 Å². The first-order valence-electron chi connectivity index (χ1n) is 6.61. The zero-order valence-electron chi connectivity index (χ0n) is 12.1. The van der Waals surface area contributed by atoms with Gasteiger partial charge in [-0.15, -0.1) is 0 Å². The molecule has 0 unspecified atom stereocenters. The third-order valence-electron chi connectivity index (χ3n) is 3.53. The van der Waals surface area contributed by atoms with Gasteiger partial charge in [0.25, 0.3) is 0 Å². The van der Waals surface area contributed by atoms with E-state index in [1.165, 1.54) is 12.1 Å². The fourth-order valence-electron chi connectivity index (χ4n) is 2.16. The summed E-state index contributed by atoms with van der Waals surface area (Å²) in [6.07, 6.45) is -4.12. The van der Waals surface area contributed by atoms with E-state index in [1.54, 1.807) is 18.5 Å². The van der Waals surface area contributed by atoms with Gasteiger partial charge in [-0.3, -0.25) is 4.79 Å².